The smallest absolute Gasteiger partial charge is 0.238 e. The lowest BCUT2D eigenvalue weighted by Gasteiger charge is -2.27. The summed E-state index contributed by atoms with van der Waals surface area (Å²) in [6.07, 6.45) is 6.78. The maximum absolute atomic E-state index is 13.4. The van der Waals surface area contributed by atoms with Crippen LogP contribution in [0.2, 0.25) is 0 Å². The Hall–Kier alpha value is -1.07. The van der Waals surface area contributed by atoms with Crippen LogP contribution in [-0.4, -0.2) is 30.0 Å². The lowest BCUT2D eigenvalue weighted by Crippen LogP contribution is -2.38. The van der Waals surface area contributed by atoms with E-state index in [1.807, 2.05) is 11.8 Å². The van der Waals surface area contributed by atoms with Crippen molar-refractivity contribution in [2.75, 3.05) is 18.1 Å². The molecule has 2 rings (SSSR count). The minimum atomic E-state index is -0.402. The molecule has 0 heterocycles. The van der Waals surface area contributed by atoms with Crippen LogP contribution in [0.3, 0.4) is 0 Å². The zero-order chi connectivity index (χ0) is 14.4. The molecule has 0 radical (unpaired) electrons. The number of carbonyl (C=O) groups excluding carboxylic acids is 1. The third-order valence-corrected chi connectivity index (χ3v) is 4.84. The van der Waals surface area contributed by atoms with Crippen molar-refractivity contribution in [1.29, 1.82) is 0 Å². The van der Waals surface area contributed by atoms with Crippen molar-refractivity contribution in [2.24, 2.45) is 0 Å². The van der Waals surface area contributed by atoms with Gasteiger partial charge in [-0.3, -0.25) is 4.79 Å². The summed E-state index contributed by atoms with van der Waals surface area (Å²) in [6, 6.07) is 6.62. The zero-order valence-corrected chi connectivity index (χ0v) is 12.5. The first-order valence-corrected chi connectivity index (χ1v) is 8.28. The normalized spacial score (nSPS) is 22.5. The van der Waals surface area contributed by atoms with E-state index in [1.54, 1.807) is 18.2 Å². The first-order chi connectivity index (χ1) is 9.69. The maximum atomic E-state index is 13.4. The molecule has 1 fully saturated rings. The van der Waals surface area contributed by atoms with Gasteiger partial charge in [-0.2, -0.15) is 11.8 Å². The third-order valence-electron chi connectivity index (χ3n) is 3.71. The lowest BCUT2D eigenvalue weighted by atomic mass is 9.95. The Morgan fingerprint density at radius 2 is 2.00 bits per heavy atom. The van der Waals surface area contributed by atoms with Gasteiger partial charge in [0.05, 0.1) is 12.2 Å². The highest BCUT2D eigenvalue weighted by Crippen LogP contribution is 2.26. The SMILES string of the molecule is CSC1CCC(NCC(=O)Nc2ccccc2F)CC1. The molecule has 1 saturated carbocycles. The Morgan fingerprint density at radius 3 is 2.65 bits per heavy atom. The van der Waals surface area contributed by atoms with Gasteiger partial charge in [-0.1, -0.05) is 12.1 Å². The number of amides is 1. The van der Waals surface area contributed by atoms with Gasteiger partial charge in [0.25, 0.3) is 0 Å². The Morgan fingerprint density at radius 1 is 1.30 bits per heavy atom. The summed E-state index contributed by atoms with van der Waals surface area (Å²) in [7, 11) is 0. The van der Waals surface area contributed by atoms with Gasteiger partial charge in [-0.25, -0.2) is 4.39 Å². The Labute approximate surface area is 123 Å². The van der Waals surface area contributed by atoms with E-state index < -0.39 is 5.82 Å². The molecule has 20 heavy (non-hydrogen) atoms. The molecule has 0 spiro atoms. The predicted octanol–water partition coefficient (Wildman–Crippen LogP) is 3.03. The van der Waals surface area contributed by atoms with Crippen LogP contribution in [0.5, 0.6) is 0 Å². The van der Waals surface area contributed by atoms with Crippen molar-refractivity contribution >= 4 is 23.4 Å². The van der Waals surface area contributed by atoms with Crippen molar-refractivity contribution in [1.82, 2.24) is 5.32 Å². The first-order valence-electron chi connectivity index (χ1n) is 6.99. The highest BCUT2D eigenvalue weighted by atomic mass is 32.2. The van der Waals surface area contributed by atoms with Crippen LogP contribution >= 0.6 is 11.8 Å². The molecule has 1 aromatic carbocycles. The number of carbonyl (C=O) groups is 1. The van der Waals surface area contributed by atoms with E-state index in [-0.39, 0.29) is 18.1 Å². The molecule has 0 aromatic heterocycles. The van der Waals surface area contributed by atoms with Crippen LogP contribution in [0.1, 0.15) is 25.7 Å². The lowest BCUT2D eigenvalue weighted by molar-refractivity contribution is -0.115. The number of para-hydroxylation sites is 1. The quantitative estimate of drug-likeness (QED) is 0.877. The molecule has 0 aliphatic heterocycles. The number of hydrogen-bond acceptors (Lipinski definition) is 3. The molecule has 1 aliphatic carbocycles. The highest BCUT2D eigenvalue weighted by molar-refractivity contribution is 7.99. The van der Waals surface area contributed by atoms with E-state index >= 15 is 0 Å². The standard InChI is InChI=1S/C15H21FN2OS/c1-20-12-8-6-11(7-9-12)17-10-15(19)18-14-5-3-2-4-13(14)16/h2-5,11-12,17H,6-10H2,1H3,(H,18,19). The van der Waals surface area contributed by atoms with Crippen LogP contribution < -0.4 is 10.6 Å². The molecular weight excluding hydrogens is 275 g/mol. The number of nitrogens with one attached hydrogen (secondary N) is 2. The van der Waals surface area contributed by atoms with Gasteiger partial charge in [0.2, 0.25) is 5.91 Å². The van der Waals surface area contributed by atoms with Gasteiger partial charge < -0.3 is 10.6 Å². The van der Waals surface area contributed by atoms with Gasteiger partial charge in [0.15, 0.2) is 0 Å². The van der Waals surface area contributed by atoms with E-state index in [9.17, 15) is 9.18 Å². The van der Waals surface area contributed by atoms with Crippen LogP contribution in [-0.2, 0) is 4.79 Å². The number of anilines is 1. The summed E-state index contributed by atoms with van der Waals surface area (Å²) in [5.74, 6) is -0.594. The van der Waals surface area contributed by atoms with E-state index in [2.05, 4.69) is 16.9 Å². The molecule has 0 saturated heterocycles. The molecule has 2 N–H and O–H groups in total. The van der Waals surface area contributed by atoms with Crippen molar-refractivity contribution in [3.63, 3.8) is 0 Å². The van der Waals surface area contributed by atoms with Crippen molar-refractivity contribution in [2.45, 2.75) is 37.0 Å². The molecule has 1 amide bonds. The molecule has 3 nitrogen and oxygen atoms in total. The van der Waals surface area contributed by atoms with Crippen LogP contribution in [0, 0.1) is 5.82 Å². The Balaban J connectivity index is 1.72. The number of benzene rings is 1. The average Bonchev–Trinajstić information content (AvgIpc) is 2.48. The van der Waals surface area contributed by atoms with Gasteiger partial charge >= 0.3 is 0 Å². The fourth-order valence-corrected chi connectivity index (χ4v) is 3.24. The summed E-state index contributed by atoms with van der Waals surface area (Å²) < 4.78 is 13.4. The first kappa shape index (κ1) is 15.3. The topological polar surface area (TPSA) is 41.1 Å². The number of halogens is 1. The average molecular weight is 296 g/mol. The van der Waals surface area contributed by atoms with Crippen LogP contribution in [0.25, 0.3) is 0 Å². The van der Waals surface area contributed by atoms with Crippen LogP contribution in [0.4, 0.5) is 10.1 Å². The summed E-state index contributed by atoms with van der Waals surface area (Å²) in [4.78, 5) is 11.8. The molecule has 5 heteroatoms. The molecule has 0 atom stereocenters. The largest absolute Gasteiger partial charge is 0.322 e. The maximum Gasteiger partial charge on any atom is 0.238 e. The summed E-state index contributed by atoms with van der Waals surface area (Å²) in [5, 5.41) is 6.62. The fourth-order valence-electron chi connectivity index (χ4n) is 2.50. The third kappa shape index (κ3) is 4.49. The van der Waals surface area contributed by atoms with Gasteiger partial charge in [0, 0.05) is 11.3 Å². The second-order valence-corrected chi connectivity index (χ2v) is 6.26. The summed E-state index contributed by atoms with van der Waals surface area (Å²) in [6.45, 7) is 0.239. The molecule has 110 valence electrons. The van der Waals surface area contributed by atoms with Gasteiger partial charge in [-0.05, 0) is 44.1 Å². The number of hydrogen-bond donors (Lipinski definition) is 2. The minimum Gasteiger partial charge on any atom is -0.322 e. The second kappa shape index (κ2) is 7.64. The number of thioether (sulfide) groups is 1. The Kier molecular flexibility index (Phi) is 5.86. The molecule has 1 aliphatic rings. The van der Waals surface area contributed by atoms with E-state index in [1.165, 1.54) is 18.9 Å². The van der Waals surface area contributed by atoms with Gasteiger partial charge in [0.1, 0.15) is 5.82 Å². The van der Waals surface area contributed by atoms with E-state index in [0.717, 1.165) is 18.1 Å². The molecule has 0 bridgehead atoms. The number of rotatable bonds is 5. The zero-order valence-electron chi connectivity index (χ0n) is 11.7. The molecule has 0 unspecified atom stereocenters. The highest BCUT2D eigenvalue weighted by Gasteiger charge is 2.20. The van der Waals surface area contributed by atoms with Crippen LogP contribution in [0.15, 0.2) is 24.3 Å². The summed E-state index contributed by atoms with van der Waals surface area (Å²) in [5.41, 5.74) is 0.241. The van der Waals surface area contributed by atoms with Crippen molar-refractivity contribution in [3.8, 4) is 0 Å². The summed E-state index contributed by atoms with van der Waals surface area (Å²) >= 11 is 1.93. The van der Waals surface area contributed by atoms with E-state index in [4.69, 9.17) is 0 Å². The van der Waals surface area contributed by atoms with E-state index in [0.29, 0.717) is 6.04 Å². The predicted molar refractivity (Wildman–Crippen MR) is 82.6 cm³/mol. The van der Waals surface area contributed by atoms with Crippen molar-refractivity contribution < 1.29 is 9.18 Å². The Bertz CT molecular complexity index is 447. The fraction of sp³-hybridized carbons (Fsp3) is 0.533. The monoisotopic (exact) mass is 296 g/mol. The minimum absolute atomic E-state index is 0.193. The van der Waals surface area contributed by atoms with Gasteiger partial charge in [-0.15, -0.1) is 0 Å². The molecule has 1 aromatic rings. The second-order valence-electron chi connectivity index (χ2n) is 5.12. The molecular formula is C15H21FN2OS. The van der Waals surface area contributed by atoms with Crippen molar-refractivity contribution in [3.05, 3.63) is 30.1 Å².